The van der Waals surface area contributed by atoms with Gasteiger partial charge in [-0.25, -0.2) is 0 Å². The second-order valence-corrected chi connectivity index (χ2v) is 5.35. The quantitative estimate of drug-likeness (QED) is 0.603. The Bertz CT molecular complexity index is 768. The van der Waals surface area contributed by atoms with Crippen LogP contribution in [0, 0.1) is 11.3 Å². The van der Waals surface area contributed by atoms with Crippen LogP contribution in [0.15, 0.2) is 48.5 Å². The van der Waals surface area contributed by atoms with Crippen LogP contribution >= 0.6 is 22.9 Å². The van der Waals surface area contributed by atoms with Crippen molar-refractivity contribution in [2.24, 2.45) is 0 Å². The maximum absolute atomic E-state index is 9.37. The van der Waals surface area contributed by atoms with Crippen molar-refractivity contribution in [3.8, 4) is 16.5 Å². The molecule has 1 heterocycles. The molecule has 0 spiro atoms. The van der Waals surface area contributed by atoms with Crippen LogP contribution in [0.2, 0.25) is 5.02 Å². The fourth-order valence-electron chi connectivity index (χ4n) is 1.99. The third-order valence-corrected chi connectivity index (χ3v) is 4.36. The number of halogens is 1. The van der Waals surface area contributed by atoms with Crippen molar-refractivity contribution in [1.29, 1.82) is 5.26 Å². The van der Waals surface area contributed by atoms with Crippen LogP contribution < -0.4 is 0 Å². The molecule has 0 unspecified atom stereocenters. The maximum atomic E-state index is 9.37. The summed E-state index contributed by atoms with van der Waals surface area (Å²) >= 11 is 7.82. The molecule has 0 amide bonds. The molecule has 0 saturated heterocycles. The Morgan fingerprint density at radius 1 is 1.00 bits per heavy atom. The summed E-state index contributed by atoms with van der Waals surface area (Å²) in [6, 6.07) is 17.9. The van der Waals surface area contributed by atoms with Crippen molar-refractivity contribution < 1.29 is 0 Å². The molecule has 3 aromatic rings. The Hall–Kier alpha value is -1.82. The molecule has 1 nitrogen and oxygen atoms in total. The molecule has 0 aliphatic rings. The van der Waals surface area contributed by atoms with Crippen LogP contribution in [0.1, 0.15) is 5.56 Å². The van der Waals surface area contributed by atoms with Gasteiger partial charge in [0.15, 0.2) is 0 Å². The fourth-order valence-corrected chi connectivity index (χ4v) is 3.47. The molecule has 0 N–H and O–H groups in total. The summed E-state index contributed by atoms with van der Waals surface area (Å²) < 4.78 is 1.11. The Balaban J connectivity index is 2.37. The van der Waals surface area contributed by atoms with Gasteiger partial charge in [-0.2, -0.15) is 5.26 Å². The molecule has 2 aromatic carbocycles. The predicted octanol–water partition coefficient (Wildman–Crippen LogP) is 5.09. The van der Waals surface area contributed by atoms with E-state index < -0.39 is 0 Å². The van der Waals surface area contributed by atoms with Gasteiger partial charge in [0, 0.05) is 20.7 Å². The second kappa shape index (κ2) is 4.45. The Morgan fingerprint density at radius 3 is 2.50 bits per heavy atom. The first-order valence-electron chi connectivity index (χ1n) is 5.48. The molecular formula is C15H8ClNS. The standard InChI is InChI=1S/C15H8ClNS/c16-13-7-3-1-6-11(13)15-12(9-17)10-5-2-4-8-14(10)18-15/h1-8H. The summed E-state index contributed by atoms with van der Waals surface area (Å²) in [5.74, 6) is 0. The van der Waals surface area contributed by atoms with Gasteiger partial charge in [-0.3, -0.25) is 0 Å². The molecular weight excluding hydrogens is 262 g/mol. The molecule has 0 aliphatic heterocycles. The van der Waals surface area contributed by atoms with Gasteiger partial charge in [0.2, 0.25) is 0 Å². The number of nitrogens with zero attached hydrogens (tertiary/aromatic N) is 1. The molecule has 3 heteroatoms. The zero-order valence-electron chi connectivity index (χ0n) is 9.35. The largest absolute Gasteiger partial charge is 0.192 e. The lowest BCUT2D eigenvalue weighted by Crippen LogP contribution is -1.79. The highest BCUT2D eigenvalue weighted by molar-refractivity contribution is 7.22. The summed E-state index contributed by atoms with van der Waals surface area (Å²) in [6.45, 7) is 0. The van der Waals surface area contributed by atoms with Gasteiger partial charge in [-0.1, -0.05) is 48.0 Å². The summed E-state index contributed by atoms with van der Waals surface area (Å²) in [7, 11) is 0. The molecule has 18 heavy (non-hydrogen) atoms. The highest BCUT2D eigenvalue weighted by Gasteiger charge is 2.14. The first-order valence-corrected chi connectivity index (χ1v) is 6.67. The highest BCUT2D eigenvalue weighted by atomic mass is 35.5. The van der Waals surface area contributed by atoms with E-state index >= 15 is 0 Å². The predicted molar refractivity (Wildman–Crippen MR) is 77.0 cm³/mol. The molecule has 0 atom stereocenters. The summed E-state index contributed by atoms with van der Waals surface area (Å²) in [4.78, 5) is 0.948. The number of nitriles is 1. The maximum Gasteiger partial charge on any atom is 0.101 e. The normalized spacial score (nSPS) is 10.4. The molecule has 86 valence electrons. The molecule has 0 radical (unpaired) electrons. The average molecular weight is 270 g/mol. The lowest BCUT2D eigenvalue weighted by molar-refractivity contribution is 1.51. The van der Waals surface area contributed by atoms with Crippen LogP contribution in [0.4, 0.5) is 0 Å². The molecule has 0 aliphatic carbocycles. The fraction of sp³-hybridized carbons (Fsp3) is 0. The number of benzene rings is 2. The van der Waals surface area contributed by atoms with E-state index in [-0.39, 0.29) is 0 Å². The summed E-state index contributed by atoms with van der Waals surface area (Å²) in [6.07, 6.45) is 0. The number of fused-ring (bicyclic) bond motifs is 1. The van der Waals surface area contributed by atoms with Gasteiger partial charge in [-0.15, -0.1) is 11.3 Å². The number of hydrogen-bond donors (Lipinski definition) is 0. The van der Waals surface area contributed by atoms with E-state index in [1.807, 2.05) is 48.5 Å². The molecule has 0 bridgehead atoms. The van der Waals surface area contributed by atoms with E-state index in [9.17, 15) is 5.26 Å². The van der Waals surface area contributed by atoms with Crippen LogP contribution in [-0.4, -0.2) is 0 Å². The van der Waals surface area contributed by atoms with E-state index in [1.165, 1.54) is 0 Å². The first kappa shape index (κ1) is 11.3. The van der Waals surface area contributed by atoms with Crippen molar-refractivity contribution in [1.82, 2.24) is 0 Å². The van der Waals surface area contributed by atoms with Crippen LogP contribution in [0.3, 0.4) is 0 Å². The third-order valence-electron chi connectivity index (χ3n) is 2.83. The van der Waals surface area contributed by atoms with E-state index in [1.54, 1.807) is 11.3 Å². The lowest BCUT2D eigenvalue weighted by Gasteiger charge is -2.00. The van der Waals surface area contributed by atoms with Gasteiger partial charge in [0.05, 0.1) is 10.4 Å². The Kier molecular flexibility index (Phi) is 2.79. The number of rotatable bonds is 1. The molecule has 0 saturated carbocycles. The van der Waals surface area contributed by atoms with Gasteiger partial charge >= 0.3 is 0 Å². The van der Waals surface area contributed by atoms with Crippen molar-refractivity contribution >= 4 is 33.0 Å². The zero-order valence-corrected chi connectivity index (χ0v) is 10.9. The molecule has 3 rings (SSSR count). The summed E-state index contributed by atoms with van der Waals surface area (Å²) in [5.41, 5.74) is 1.64. The van der Waals surface area contributed by atoms with Gasteiger partial charge < -0.3 is 0 Å². The minimum absolute atomic E-state index is 0.681. The first-order chi connectivity index (χ1) is 8.81. The van der Waals surface area contributed by atoms with Gasteiger partial charge in [0.1, 0.15) is 6.07 Å². The third kappa shape index (κ3) is 1.69. The second-order valence-electron chi connectivity index (χ2n) is 3.89. The average Bonchev–Trinajstić information content (AvgIpc) is 2.77. The van der Waals surface area contributed by atoms with Crippen molar-refractivity contribution in [3.63, 3.8) is 0 Å². The van der Waals surface area contributed by atoms with Gasteiger partial charge in [-0.05, 0) is 12.1 Å². The summed E-state index contributed by atoms with van der Waals surface area (Å²) in [5, 5.41) is 11.1. The number of thiophene rings is 1. The number of hydrogen-bond acceptors (Lipinski definition) is 2. The SMILES string of the molecule is N#Cc1c(-c2ccccc2Cl)sc2ccccc12. The Labute approximate surface area is 114 Å². The zero-order chi connectivity index (χ0) is 12.5. The Morgan fingerprint density at radius 2 is 1.72 bits per heavy atom. The van der Waals surface area contributed by atoms with Crippen molar-refractivity contribution in [2.45, 2.75) is 0 Å². The van der Waals surface area contributed by atoms with Gasteiger partial charge in [0.25, 0.3) is 0 Å². The van der Waals surface area contributed by atoms with Crippen LogP contribution in [0.25, 0.3) is 20.5 Å². The van der Waals surface area contributed by atoms with Crippen LogP contribution in [-0.2, 0) is 0 Å². The smallest absolute Gasteiger partial charge is 0.101 e. The van der Waals surface area contributed by atoms with Crippen molar-refractivity contribution in [3.05, 3.63) is 59.1 Å². The molecule has 1 aromatic heterocycles. The monoisotopic (exact) mass is 269 g/mol. The van der Waals surface area contributed by atoms with Crippen LogP contribution in [0.5, 0.6) is 0 Å². The van der Waals surface area contributed by atoms with Crippen molar-refractivity contribution in [2.75, 3.05) is 0 Å². The lowest BCUT2D eigenvalue weighted by atomic mass is 10.1. The minimum atomic E-state index is 0.681. The molecule has 0 fully saturated rings. The van der Waals surface area contributed by atoms with E-state index in [2.05, 4.69) is 6.07 Å². The topological polar surface area (TPSA) is 23.8 Å². The van der Waals surface area contributed by atoms with E-state index in [4.69, 9.17) is 11.6 Å². The minimum Gasteiger partial charge on any atom is -0.192 e. The van der Waals surface area contributed by atoms with E-state index in [0.29, 0.717) is 10.6 Å². The van der Waals surface area contributed by atoms with E-state index in [0.717, 1.165) is 20.5 Å². The highest BCUT2D eigenvalue weighted by Crippen LogP contribution is 2.40.